The number of hydrogen-bond acceptors (Lipinski definition) is 7. The molecule has 4 heterocycles. The Balaban J connectivity index is 1.21. The van der Waals surface area contributed by atoms with E-state index in [1.807, 2.05) is 49.6 Å². The molecule has 6 rings (SSSR count). The lowest BCUT2D eigenvalue weighted by Gasteiger charge is -2.22. The van der Waals surface area contributed by atoms with Crippen LogP contribution in [0.5, 0.6) is 0 Å². The maximum absolute atomic E-state index is 13.3. The standard InChI is InChI=1S/C34H40N6O2S/c1-23-27(10-7-11-28(23)37-33(41)31-20-24-9-5-4-6-12-30(24)43-31)25-19-29(34(42)39(3)22-25)36-32-14-13-26(21-35-32)40-16-8-15-38(2)17-18-40/h7,10-11,13-14,19-22H,4-6,8-9,12,15-18H2,1-3H3,(H,35,36)(H,37,41). The van der Waals surface area contributed by atoms with E-state index < -0.39 is 0 Å². The summed E-state index contributed by atoms with van der Waals surface area (Å²) in [5.74, 6) is 0.555. The van der Waals surface area contributed by atoms with Gasteiger partial charge in [-0.1, -0.05) is 18.6 Å². The fourth-order valence-corrected chi connectivity index (χ4v) is 7.23. The van der Waals surface area contributed by atoms with Gasteiger partial charge in [-0.2, -0.15) is 0 Å². The minimum atomic E-state index is -0.134. The van der Waals surface area contributed by atoms with Gasteiger partial charge in [-0.05, 0) is 99.6 Å². The highest BCUT2D eigenvalue weighted by Gasteiger charge is 2.19. The Morgan fingerprint density at radius 1 is 0.930 bits per heavy atom. The molecule has 0 atom stereocenters. The average molecular weight is 597 g/mol. The topological polar surface area (TPSA) is 82.5 Å². The van der Waals surface area contributed by atoms with Gasteiger partial charge in [-0.25, -0.2) is 4.98 Å². The number of rotatable bonds is 6. The van der Waals surface area contributed by atoms with Crippen molar-refractivity contribution in [2.45, 2.75) is 45.4 Å². The molecule has 1 saturated heterocycles. The van der Waals surface area contributed by atoms with E-state index in [1.54, 1.807) is 23.0 Å². The van der Waals surface area contributed by atoms with Gasteiger partial charge in [0, 0.05) is 49.0 Å². The van der Waals surface area contributed by atoms with Crippen molar-refractivity contribution in [2.24, 2.45) is 7.05 Å². The Labute approximate surface area is 257 Å². The molecule has 1 aromatic carbocycles. The number of likely N-dealkylation sites (N-methyl/N-ethyl adjacent to an activating group) is 1. The summed E-state index contributed by atoms with van der Waals surface area (Å²) in [7, 11) is 3.92. The number of carbonyl (C=O) groups is 1. The third-order valence-corrected chi connectivity index (χ3v) is 9.88. The molecule has 1 aliphatic carbocycles. The Kier molecular flexibility index (Phi) is 8.63. The number of aromatic nitrogens is 2. The maximum atomic E-state index is 13.3. The van der Waals surface area contributed by atoms with Gasteiger partial charge >= 0.3 is 0 Å². The summed E-state index contributed by atoms with van der Waals surface area (Å²) in [5, 5.41) is 6.40. The SMILES string of the molecule is Cc1c(NC(=O)c2cc3c(s2)CCCCC3)cccc1-c1cc(Nc2ccc(N3CCCN(C)CC3)cn2)c(=O)n(C)c1. The van der Waals surface area contributed by atoms with E-state index in [9.17, 15) is 9.59 Å². The number of nitrogens with zero attached hydrogens (tertiary/aromatic N) is 4. The Morgan fingerprint density at radius 2 is 1.79 bits per heavy atom. The number of benzene rings is 1. The van der Waals surface area contributed by atoms with Crippen molar-refractivity contribution in [1.82, 2.24) is 14.5 Å². The highest BCUT2D eigenvalue weighted by atomic mass is 32.1. The highest BCUT2D eigenvalue weighted by Crippen LogP contribution is 2.32. The zero-order valence-corrected chi connectivity index (χ0v) is 26.1. The molecule has 43 heavy (non-hydrogen) atoms. The van der Waals surface area contributed by atoms with Gasteiger partial charge in [-0.3, -0.25) is 9.59 Å². The summed E-state index contributed by atoms with van der Waals surface area (Å²) in [6.45, 7) is 6.13. The first-order valence-corrected chi connectivity index (χ1v) is 16.1. The molecule has 8 nitrogen and oxygen atoms in total. The number of thiophene rings is 1. The normalized spacial score (nSPS) is 15.8. The van der Waals surface area contributed by atoms with Crippen molar-refractivity contribution in [2.75, 3.05) is 48.8 Å². The van der Waals surface area contributed by atoms with E-state index in [0.29, 0.717) is 11.5 Å². The zero-order chi connectivity index (χ0) is 29.9. The minimum Gasteiger partial charge on any atom is -0.369 e. The number of pyridine rings is 2. The molecule has 1 amide bonds. The molecule has 2 aliphatic rings. The van der Waals surface area contributed by atoms with Crippen molar-refractivity contribution in [3.8, 4) is 11.1 Å². The molecule has 0 spiro atoms. The molecule has 0 saturated carbocycles. The van der Waals surface area contributed by atoms with Crippen molar-refractivity contribution in [3.05, 3.63) is 86.1 Å². The fraction of sp³-hybridized carbons (Fsp3) is 0.382. The van der Waals surface area contributed by atoms with Crippen LogP contribution in [0.15, 0.2) is 59.7 Å². The molecule has 1 aliphatic heterocycles. The van der Waals surface area contributed by atoms with Crippen LogP contribution in [-0.2, 0) is 19.9 Å². The number of amides is 1. The summed E-state index contributed by atoms with van der Waals surface area (Å²) in [5.41, 5.74) is 6.29. The van der Waals surface area contributed by atoms with Crippen LogP contribution in [0.1, 0.15) is 51.4 Å². The van der Waals surface area contributed by atoms with Crippen LogP contribution in [0, 0.1) is 6.92 Å². The minimum absolute atomic E-state index is 0.0668. The van der Waals surface area contributed by atoms with Gasteiger partial charge in [-0.15, -0.1) is 11.3 Å². The number of aryl methyl sites for hydroxylation is 3. The zero-order valence-electron chi connectivity index (χ0n) is 25.3. The Hall–Kier alpha value is -3.95. The predicted octanol–water partition coefficient (Wildman–Crippen LogP) is 6.22. The van der Waals surface area contributed by atoms with Gasteiger partial charge < -0.3 is 25.0 Å². The first-order valence-electron chi connectivity index (χ1n) is 15.3. The fourth-order valence-electron chi connectivity index (χ4n) is 6.09. The number of fused-ring (bicyclic) bond motifs is 1. The smallest absolute Gasteiger partial charge is 0.274 e. The van der Waals surface area contributed by atoms with Gasteiger partial charge in [0.15, 0.2) is 0 Å². The number of carbonyl (C=O) groups excluding carboxylic acids is 1. The first kappa shape index (κ1) is 29.1. The summed E-state index contributed by atoms with van der Waals surface area (Å²) in [6.07, 6.45) is 10.6. The van der Waals surface area contributed by atoms with Gasteiger partial charge in [0.2, 0.25) is 0 Å². The third-order valence-electron chi connectivity index (χ3n) is 8.64. The van der Waals surface area contributed by atoms with Crippen LogP contribution < -0.4 is 21.1 Å². The molecule has 1 fully saturated rings. The van der Waals surface area contributed by atoms with E-state index >= 15 is 0 Å². The Bertz CT molecular complexity index is 1650. The van der Waals surface area contributed by atoms with Crippen LogP contribution in [0.4, 0.5) is 22.9 Å². The summed E-state index contributed by atoms with van der Waals surface area (Å²) < 4.78 is 1.59. The molecular formula is C34H40N6O2S. The van der Waals surface area contributed by atoms with Crippen molar-refractivity contribution >= 4 is 40.1 Å². The largest absolute Gasteiger partial charge is 0.369 e. The van der Waals surface area contributed by atoms with Gasteiger partial charge in [0.25, 0.3) is 11.5 Å². The van der Waals surface area contributed by atoms with Crippen LogP contribution in [0.2, 0.25) is 0 Å². The molecule has 0 radical (unpaired) electrons. The van der Waals surface area contributed by atoms with E-state index in [4.69, 9.17) is 0 Å². The molecule has 0 unspecified atom stereocenters. The molecule has 224 valence electrons. The maximum Gasteiger partial charge on any atom is 0.274 e. The van der Waals surface area contributed by atoms with Crippen LogP contribution in [-0.4, -0.2) is 53.6 Å². The second-order valence-corrected chi connectivity index (χ2v) is 12.9. The van der Waals surface area contributed by atoms with E-state index in [1.165, 1.54) is 29.7 Å². The quantitative estimate of drug-likeness (QED) is 0.257. The Morgan fingerprint density at radius 3 is 2.63 bits per heavy atom. The van der Waals surface area contributed by atoms with E-state index in [0.717, 1.165) is 78.4 Å². The van der Waals surface area contributed by atoms with E-state index in [-0.39, 0.29) is 11.5 Å². The van der Waals surface area contributed by atoms with E-state index in [2.05, 4.69) is 44.6 Å². The first-order chi connectivity index (χ1) is 20.9. The monoisotopic (exact) mass is 596 g/mol. The molecule has 2 N–H and O–H groups in total. The summed E-state index contributed by atoms with van der Waals surface area (Å²) in [4.78, 5) is 37.8. The van der Waals surface area contributed by atoms with Crippen molar-refractivity contribution < 1.29 is 4.79 Å². The van der Waals surface area contributed by atoms with Gasteiger partial charge in [0.05, 0.1) is 16.8 Å². The van der Waals surface area contributed by atoms with Crippen LogP contribution in [0.3, 0.4) is 0 Å². The number of nitrogens with one attached hydrogen (secondary N) is 2. The average Bonchev–Trinajstić information content (AvgIpc) is 3.12. The summed E-state index contributed by atoms with van der Waals surface area (Å²) >= 11 is 1.63. The lowest BCUT2D eigenvalue weighted by atomic mass is 10.00. The highest BCUT2D eigenvalue weighted by molar-refractivity contribution is 7.14. The number of hydrogen-bond donors (Lipinski definition) is 2. The van der Waals surface area contributed by atoms with Crippen molar-refractivity contribution in [1.29, 1.82) is 0 Å². The molecule has 0 bridgehead atoms. The van der Waals surface area contributed by atoms with Gasteiger partial charge in [0.1, 0.15) is 11.5 Å². The third kappa shape index (κ3) is 6.53. The lowest BCUT2D eigenvalue weighted by molar-refractivity contribution is 0.103. The lowest BCUT2D eigenvalue weighted by Crippen LogP contribution is -2.28. The second-order valence-electron chi connectivity index (χ2n) is 11.8. The second kappa shape index (κ2) is 12.7. The summed E-state index contributed by atoms with van der Waals surface area (Å²) in [6, 6.07) is 13.8. The molecule has 4 aromatic rings. The molecular weight excluding hydrogens is 556 g/mol. The predicted molar refractivity (Wildman–Crippen MR) is 177 cm³/mol. The number of anilines is 4. The van der Waals surface area contributed by atoms with Crippen LogP contribution >= 0.6 is 11.3 Å². The van der Waals surface area contributed by atoms with Crippen LogP contribution in [0.25, 0.3) is 11.1 Å². The molecule has 9 heteroatoms. The van der Waals surface area contributed by atoms with Crippen molar-refractivity contribution in [3.63, 3.8) is 0 Å². The molecule has 3 aromatic heterocycles.